The highest BCUT2D eigenvalue weighted by atomic mass is 16.5. The summed E-state index contributed by atoms with van der Waals surface area (Å²) in [5.41, 5.74) is 0.880. The number of rotatable bonds is 7. The first-order chi connectivity index (χ1) is 10.0. The molecule has 0 aromatic heterocycles. The van der Waals surface area contributed by atoms with Crippen molar-refractivity contribution < 1.29 is 24.2 Å². The van der Waals surface area contributed by atoms with E-state index in [9.17, 15) is 14.4 Å². The average molecular weight is 294 g/mol. The van der Waals surface area contributed by atoms with Gasteiger partial charge in [-0.2, -0.15) is 0 Å². The molecule has 0 fully saturated rings. The Morgan fingerprint density at radius 1 is 1.14 bits per heavy atom. The van der Waals surface area contributed by atoms with E-state index in [2.05, 4.69) is 15.4 Å². The van der Waals surface area contributed by atoms with Crippen LogP contribution in [0.1, 0.15) is 22.3 Å². The molecule has 0 heterocycles. The van der Waals surface area contributed by atoms with E-state index < -0.39 is 18.0 Å². The standard InChI is InChI=1S/C14H18N2O5/c1-21-12(17)7-9-16-14(20)15-8-6-10-4-2-3-5-11(10)13(18)19/h2-5H,6-9H2,1H3,(H,18,19)(H2,15,16,20). The summed E-state index contributed by atoms with van der Waals surface area (Å²) in [6.45, 7) is 0.485. The zero-order valence-corrected chi connectivity index (χ0v) is 11.7. The molecule has 0 atom stereocenters. The highest BCUT2D eigenvalue weighted by molar-refractivity contribution is 5.89. The first-order valence-electron chi connectivity index (χ1n) is 6.44. The van der Waals surface area contributed by atoms with Gasteiger partial charge in [0.1, 0.15) is 0 Å². The number of aromatic carboxylic acids is 1. The zero-order chi connectivity index (χ0) is 15.7. The number of carbonyl (C=O) groups is 3. The number of carbonyl (C=O) groups excluding carboxylic acids is 2. The van der Waals surface area contributed by atoms with Crippen LogP contribution in [0.15, 0.2) is 24.3 Å². The normalized spacial score (nSPS) is 9.76. The Bertz CT molecular complexity index is 516. The van der Waals surface area contributed by atoms with Crippen LogP contribution in [-0.2, 0) is 16.0 Å². The molecule has 0 spiro atoms. The van der Waals surface area contributed by atoms with Crippen LogP contribution in [0.3, 0.4) is 0 Å². The summed E-state index contributed by atoms with van der Waals surface area (Å²) >= 11 is 0. The maximum Gasteiger partial charge on any atom is 0.335 e. The number of ether oxygens (including phenoxy) is 1. The van der Waals surface area contributed by atoms with Crippen LogP contribution in [-0.4, -0.2) is 43.3 Å². The Morgan fingerprint density at radius 3 is 2.48 bits per heavy atom. The first-order valence-corrected chi connectivity index (χ1v) is 6.44. The number of esters is 1. The Labute approximate surface area is 122 Å². The fourth-order valence-corrected chi connectivity index (χ4v) is 1.70. The molecule has 7 heteroatoms. The highest BCUT2D eigenvalue weighted by Crippen LogP contribution is 2.08. The van der Waals surface area contributed by atoms with Gasteiger partial charge in [0.2, 0.25) is 0 Å². The Hall–Kier alpha value is -2.57. The smallest absolute Gasteiger partial charge is 0.335 e. The minimum atomic E-state index is -0.992. The van der Waals surface area contributed by atoms with Gasteiger partial charge in [0.05, 0.1) is 19.1 Å². The van der Waals surface area contributed by atoms with E-state index >= 15 is 0 Å². The van der Waals surface area contributed by atoms with Gasteiger partial charge in [-0.1, -0.05) is 18.2 Å². The number of benzene rings is 1. The van der Waals surface area contributed by atoms with Crippen molar-refractivity contribution >= 4 is 18.0 Å². The van der Waals surface area contributed by atoms with Crippen LogP contribution in [0.25, 0.3) is 0 Å². The van der Waals surface area contributed by atoms with Crippen molar-refractivity contribution in [1.29, 1.82) is 0 Å². The number of amides is 2. The molecule has 0 aliphatic rings. The Balaban J connectivity index is 2.32. The summed E-state index contributed by atoms with van der Waals surface area (Å²) in [5, 5.41) is 14.1. The topological polar surface area (TPSA) is 105 Å². The van der Waals surface area contributed by atoms with Gasteiger partial charge in [0.25, 0.3) is 0 Å². The van der Waals surface area contributed by atoms with Crippen LogP contribution >= 0.6 is 0 Å². The second-order valence-corrected chi connectivity index (χ2v) is 4.22. The summed E-state index contributed by atoms with van der Waals surface area (Å²) < 4.78 is 4.44. The summed E-state index contributed by atoms with van der Waals surface area (Å²) in [7, 11) is 1.28. The van der Waals surface area contributed by atoms with Gasteiger partial charge in [0.15, 0.2) is 0 Å². The molecule has 2 amide bonds. The third-order valence-electron chi connectivity index (χ3n) is 2.77. The maximum atomic E-state index is 11.4. The number of urea groups is 1. The molecule has 1 rings (SSSR count). The molecule has 7 nitrogen and oxygen atoms in total. The molecule has 0 radical (unpaired) electrons. The van der Waals surface area contributed by atoms with E-state index in [1.165, 1.54) is 13.2 Å². The molecular formula is C14H18N2O5. The van der Waals surface area contributed by atoms with E-state index in [1.807, 2.05) is 0 Å². The number of methoxy groups -OCH3 is 1. The largest absolute Gasteiger partial charge is 0.478 e. The summed E-state index contributed by atoms with van der Waals surface area (Å²) in [6, 6.07) is 6.22. The molecule has 0 aliphatic carbocycles. The van der Waals surface area contributed by atoms with E-state index in [4.69, 9.17) is 5.11 Å². The predicted molar refractivity (Wildman–Crippen MR) is 75.1 cm³/mol. The second kappa shape index (κ2) is 8.57. The first kappa shape index (κ1) is 16.5. The fourth-order valence-electron chi connectivity index (χ4n) is 1.70. The lowest BCUT2D eigenvalue weighted by Crippen LogP contribution is -2.37. The van der Waals surface area contributed by atoms with Gasteiger partial charge >= 0.3 is 18.0 Å². The van der Waals surface area contributed by atoms with Gasteiger partial charge in [-0.15, -0.1) is 0 Å². The predicted octanol–water partition coefficient (Wildman–Crippen LogP) is 0.790. The van der Waals surface area contributed by atoms with Crippen LogP contribution < -0.4 is 10.6 Å². The second-order valence-electron chi connectivity index (χ2n) is 4.22. The highest BCUT2D eigenvalue weighted by Gasteiger charge is 2.09. The summed E-state index contributed by atoms with van der Waals surface area (Å²) in [6.07, 6.45) is 0.513. The number of hydrogen-bond acceptors (Lipinski definition) is 4. The van der Waals surface area contributed by atoms with Crippen LogP contribution in [0.5, 0.6) is 0 Å². The molecule has 1 aromatic carbocycles. The molecular weight excluding hydrogens is 276 g/mol. The lowest BCUT2D eigenvalue weighted by Gasteiger charge is -2.08. The molecule has 0 unspecified atom stereocenters. The van der Waals surface area contributed by atoms with Crippen molar-refractivity contribution in [1.82, 2.24) is 10.6 Å². The van der Waals surface area contributed by atoms with E-state index in [1.54, 1.807) is 18.2 Å². The van der Waals surface area contributed by atoms with Gasteiger partial charge in [-0.25, -0.2) is 9.59 Å². The van der Waals surface area contributed by atoms with Gasteiger partial charge < -0.3 is 20.5 Å². The van der Waals surface area contributed by atoms with Crippen molar-refractivity contribution in [2.24, 2.45) is 0 Å². The maximum absolute atomic E-state index is 11.4. The van der Waals surface area contributed by atoms with Crippen molar-refractivity contribution in [2.75, 3.05) is 20.2 Å². The quantitative estimate of drug-likeness (QED) is 0.645. The van der Waals surface area contributed by atoms with Gasteiger partial charge in [-0.05, 0) is 18.1 Å². The monoisotopic (exact) mass is 294 g/mol. The molecule has 21 heavy (non-hydrogen) atoms. The fraction of sp³-hybridized carbons (Fsp3) is 0.357. The Morgan fingerprint density at radius 2 is 1.81 bits per heavy atom. The van der Waals surface area contributed by atoms with Crippen LogP contribution in [0, 0.1) is 0 Å². The van der Waals surface area contributed by atoms with Crippen molar-refractivity contribution in [3.05, 3.63) is 35.4 Å². The van der Waals surface area contributed by atoms with E-state index in [-0.39, 0.29) is 18.5 Å². The molecule has 0 saturated heterocycles. The van der Waals surface area contributed by atoms with E-state index in [0.29, 0.717) is 18.5 Å². The van der Waals surface area contributed by atoms with Crippen molar-refractivity contribution in [3.63, 3.8) is 0 Å². The van der Waals surface area contributed by atoms with Crippen molar-refractivity contribution in [3.8, 4) is 0 Å². The van der Waals surface area contributed by atoms with Crippen LogP contribution in [0.2, 0.25) is 0 Å². The molecule has 0 saturated carbocycles. The lowest BCUT2D eigenvalue weighted by molar-refractivity contribution is -0.140. The number of hydrogen-bond donors (Lipinski definition) is 3. The minimum absolute atomic E-state index is 0.103. The number of carboxylic acid groups (broad SMARTS) is 1. The third kappa shape index (κ3) is 5.94. The number of nitrogens with one attached hydrogen (secondary N) is 2. The molecule has 114 valence electrons. The molecule has 1 aromatic rings. The summed E-state index contributed by atoms with van der Waals surface area (Å²) in [4.78, 5) is 33.3. The molecule has 0 aliphatic heterocycles. The molecule has 0 bridgehead atoms. The van der Waals surface area contributed by atoms with Crippen LogP contribution in [0.4, 0.5) is 4.79 Å². The average Bonchev–Trinajstić information content (AvgIpc) is 2.47. The Kier molecular flexibility index (Phi) is 6.73. The van der Waals surface area contributed by atoms with Gasteiger partial charge in [-0.3, -0.25) is 4.79 Å². The van der Waals surface area contributed by atoms with Crippen molar-refractivity contribution in [2.45, 2.75) is 12.8 Å². The lowest BCUT2D eigenvalue weighted by atomic mass is 10.0. The number of carboxylic acids is 1. The molecule has 3 N–H and O–H groups in total. The summed E-state index contributed by atoms with van der Waals surface area (Å²) in [5.74, 6) is -1.39. The zero-order valence-electron chi connectivity index (χ0n) is 11.7. The minimum Gasteiger partial charge on any atom is -0.478 e. The SMILES string of the molecule is COC(=O)CCNC(=O)NCCc1ccccc1C(=O)O. The van der Waals surface area contributed by atoms with E-state index in [0.717, 1.165) is 0 Å². The third-order valence-corrected chi connectivity index (χ3v) is 2.77. The van der Waals surface area contributed by atoms with Gasteiger partial charge in [0, 0.05) is 13.1 Å².